The van der Waals surface area contributed by atoms with E-state index in [1.807, 2.05) is 60.8 Å². The second-order valence-corrected chi connectivity index (χ2v) is 13.1. The number of hydrogen-bond donors (Lipinski definition) is 2. The Kier molecular flexibility index (Phi) is 10.8. The van der Waals surface area contributed by atoms with Gasteiger partial charge in [-0.05, 0) is 54.7 Å². The molecule has 0 aliphatic rings. The van der Waals surface area contributed by atoms with Gasteiger partial charge in [0.2, 0.25) is 0 Å². The van der Waals surface area contributed by atoms with Crippen molar-refractivity contribution in [2.45, 2.75) is 51.8 Å². The summed E-state index contributed by atoms with van der Waals surface area (Å²) in [4.78, 5) is 44.2. The fourth-order valence-corrected chi connectivity index (χ4v) is 6.11. The lowest BCUT2D eigenvalue weighted by Crippen LogP contribution is -2.49. The maximum absolute atomic E-state index is 14.0. The normalized spacial score (nSPS) is 12.5. The standard InChI is InChI=1S/C36H41N7O3S/c1-24(2)29-17-31(19-38-18-29)41(4)20-33(44)32(13-26-9-7-6-8-10-26)40-35(45)27-14-28(16-30(15-27)43-12-11-37-23-43)36(46)42(5)21-34-39-25(3)22-47-34/h6-12,14-19,22-24,32-33,44H,13,20-21H2,1-5H3,(H,40,45)/t32-,33+/m0/s1. The van der Waals surface area contributed by atoms with Crippen molar-refractivity contribution in [1.82, 2.24) is 29.7 Å². The number of imidazole rings is 1. The maximum Gasteiger partial charge on any atom is 0.254 e. The molecule has 0 saturated carbocycles. The lowest BCUT2D eigenvalue weighted by atomic mass is 9.99. The average molecular weight is 652 g/mol. The fraction of sp³-hybridized carbons (Fsp3) is 0.306. The van der Waals surface area contributed by atoms with Gasteiger partial charge < -0.3 is 24.8 Å². The molecule has 2 atom stereocenters. The quantitative estimate of drug-likeness (QED) is 0.178. The largest absolute Gasteiger partial charge is 0.389 e. The van der Waals surface area contributed by atoms with Gasteiger partial charge >= 0.3 is 0 Å². The number of thiazole rings is 1. The molecule has 2 amide bonds. The van der Waals surface area contributed by atoms with Crippen molar-refractivity contribution in [3.8, 4) is 5.69 Å². The zero-order valence-corrected chi connectivity index (χ0v) is 28.2. The van der Waals surface area contributed by atoms with Crippen molar-refractivity contribution in [2.24, 2.45) is 0 Å². The van der Waals surface area contributed by atoms with E-state index in [1.54, 1.807) is 59.6 Å². The molecule has 0 fully saturated rings. The number of aliphatic hydroxyl groups excluding tert-OH is 1. The van der Waals surface area contributed by atoms with Crippen LogP contribution < -0.4 is 10.2 Å². The topological polar surface area (TPSA) is 116 Å². The average Bonchev–Trinajstić information content (AvgIpc) is 3.76. The van der Waals surface area contributed by atoms with Gasteiger partial charge in [-0.15, -0.1) is 11.3 Å². The van der Waals surface area contributed by atoms with Gasteiger partial charge in [-0.3, -0.25) is 14.6 Å². The molecular formula is C36H41N7O3S. The van der Waals surface area contributed by atoms with Crippen LogP contribution in [-0.2, 0) is 13.0 Å². The fourth-order valence-electron chi connectivity index (χ4n) is 5.28. The summed E-state index contributed by atoms with van der Waals surface area (Å²) >= 11 is 1.50. The number of rotatable bonds is 13. The molecule has 0 radical (unpaired) electrons. The van der Waals surface area contributed by atoms with E-state index < -0.39 is 18.1 Å². The molecular weight excluding hydrogens is 611 g/mol. The van der Waals surface area contributed by atoms with Crippen LogP contribution in [0.5, 0.6) is 0 Å². The third-order valence-electron chi connectivity index (χ3n) is 8.01. The Hall–Kier alpha value is -4.87. The van der Waals surface area contributed by atoms with Gasteiger partial charge in [0.1, 0.15) is 5.01 Å². The molecule has 0 saturated heterocycles. The molecule has 5 aromatic rings. The number of amides is 2. The van der Waals surface area contributed by atoms with Crippen LogP contribution in [0.15, 0.2) is 91.1 Å². The van der Waals surface area contributed by atoms with E-state index >= 15 is 0 Å². The molecule has 2 N–H and O–H groups in total. The Morgan fingerprint density at radius 1 is 1.02 bits per heavy atom. The van der Waals surface area contributed by atoms with Crippen LogP contribution >= 0.6 is 11.3 Å². The molecule has 47 heavy (non-hydrogen) atoms. The molecule has 3 heterocycles. The second kappa shape index (κ2) is 15.1. The minimum Gasteiger partial charge on any atom is -0.389 e. The van der Waals surface area contributed by atoms with Crippen LogP contribution in [0, 0.1) is 6.92 Å². The number of nitrogens with one attached hydrogen (secondary N) is 1. The van der Waals surface area contributed by atoms with E-state index in [-0.39, 0.29) is 12.5 Å². The third-order valence-corrected chi connectivity index (χ3v) is 8.96. The van der Waals surface area contributed by atoms with Crippen molar-refractivity contribution in [3.63, 3.8) is 0 Å². The van der Waals surface area contributed by atoms with E-state index in [0.717, 1.165) is 27.5 Å². The molecule has 244 valence electrons. The van der Waals surface area contributed by atoms with Gasteiger partial charge in [-0.2, -0.15) is 0 Å². The SMILES string of the molecule is Cc1csc(CN(C)C(=O)c2cc(C(=O)N[C@@H](Cc3ccccc3)[C@H](O)CN(C)c3cncc(C(C)C)c3)cc(-n3ccnc3)c2)n1. The van der Waals surface area contributed by atoms with E-state index in [4.69, 9.17) is 0 Å². The number of aryl methyl sites for hydroxylation is 1. The smallest absolute Gasteiger partial charge is 0.254 e. The van der Waals surface area contributed by atoms with E-state index in [9.17, 15) is 14.7 Å². The highest BCUT2D eigenvalue weighted by atomic mass is 32.1. The number of anilines is 1. The number of carbonyl (C=O) groups is 2. The van der Waals surface area contributed by atoms with Gasteiger partial charge in [-0.25, -0.2) is 9.97 Å². The van der Waals surface area contributed by atoms with Gasteiger partial charge in [0.25, 0.3) is 11.8 Å². The highest BCUT2D eigenvalue weighted by Gasteiger charge is 2.26. The molecule has 0 aliphatic heterocycles. The summed E-state index contributed by atoms with van der Waals surface area (Å²) in [6.45, 7) is 6.76. The van der Waals surface area contributed by atoms with Crippen molar-refractivity contribution in [1.29, 1.82) is 0 Å². The number of nitrogens with zero attached hydrogens (tertiary/aromatic N) is 6. The Labute approximate surface area is 279 Å². The summed E-state index contributed by atoms with van der Waals surface area (Å²) in [6, 6.07) is 16.3. The summed E-state index contributed by atoms with van der Waals surface area (Å²) in [7, 11) is 3.62. The molecule has 5 rings (SSSR count). The van der Waals surface area contributed by atoms with Crippen LogP contribution in [0.2, 0.25) is 0 Å². The summed E-state index contributed by atoms with van der Waals surface area (Å²) in [5, 5.41) is 17.5. The van der Waals surface area contributed by atoms with Crippen LogP contribution in [0.3, 0.4) is 0 Å². The molecule has 0 unspecified atom stereocenters. The number of aliphatic hydroxyl groups is 1. The molecule has 0 bridgehead atoms. The number of benzene rings is 2. The highest BCUT2D eigenvalue weighted by molar-refractivity contribution is 7.09. The number of likely N-dealkylation sites (N-methyl/N-ethyl adjacent to an activating group) is 1. The molecule has 0 spiro atoms. The molecule has 11 heteroatoms. The Morgan fingerprint density at radius 3 is 2.47 bits per heavy atom. The van der Waals surface area contributed by atoms with Crippen molar-refractivity contribution < 1.29 is 14.7 Å². The highest BCUT2D eigenvalue weighted by Crippen LogP contribution is 2.22. The molecule has 10 nitrogen and oxygen atoms in total. The van der Waals surface area contributed by atoms with Crippen LogP contribution in [0.1, 0.15) is 62.3 Å². The molecule has 2 aromatic carbocycles. The van der Waals surface area contributed by atoms with Gasteiger partial charge in [-0.1, -0.05) is 44.2 Å². The van der Waals surface area contributed by atoms with Gasteiger partial charge in [0.15, 0.2) is 0 Å². The maximum atomic E-state index is 14.0. The zero-order valence-electron chi connectivity index (χ0n) is 27.4. The zero-order chi connectivity index (χ0) is 33.5. The summed E-state index contributed by atoms with van der Waals surface area (Å²) in [5.41, 5.74) is 5.15. The van der Waals surface area contributed by atoms with Crippen LogP contribution in [-0.4, -0.2) is 74.1 Å². The predicted molar refractivity (Wildman–Crippen MR) is 185 cm³/mol. The monoisotopic (exact) mass is 651 g/mol. The number of hydrogen-bond acceptors (Lipinski definition) is 8. The van der Waals surface area contributed by atoms with Gasteiger partial charge in [0.05, 0.1) is 36.9 Å². The second-order valence-electron chi connectivity index (χ2n) is 12.1. The van der Waals surface area contributed by atoms with E-state index in [2.05, 4.69) is 40.2 Å². The van der Waals surface area contributed by atoms with E-state index in [0.29, 0.717) is 35.7 Å². The summed E-state index contributed by atoms with van der Waals surface area (Å²) in [6.07, 6.45) is 8.14. The molecule has 3 aromatic heterocycles. The first-order chi connectivity index (χ1) is 22.6. The van der Waals surface area contributed by atoms with Crippen LogP contribution in [0.25, 0.3) is 5.69 Å². The van der Waals surface area contributed by atoms with E-state index in [1.165, 1.54) is 11.3 Å². The summed E-state index contributed by atoms with van der Waals surface area (Å²) < 4.78 is 1.75. The Bertz CT molecular complexity index is 1790. The first-order valence-corrected chi connectivity index (χ1v) is 16.4. The third kappa shape index (κ3) is 8.69. The first kappa shape index (κ1) is 33.5. The molecule has 0 aliphatic carbocycles. The summed E-state index contributed by atoms with van der Waals surface area (Å²) in [5.74, 6) is -0.323. The minimum atomic E-state index is -0.919. The Morgan fingerprint density at radius 2 is 1.79 bits per heavy atom. The Balaban J connectivity index is 1.41. The number of carbonyl (C=O) groups excluding carboxylic acids is 2. The lowest BCUT2D eigenvalue weighted by Gasteiger charge is -2.29. The first-order valence-electron chi connectivity index (χ1n) is 15.6. The number of pyridine rings is 1. The van der Waals surface area contributed by atoms with Gasteiger partial charge in [0, 0.05) is 67.1 Å². The van der Waals surface area contributed by atoms with Crippen LogP contribution in [0.4, 0.5) is 5.69 Å². The minimum absolute atomic E-state index is 0.242. The number of aromatic nitrogens is 4. The van der Waals surface area contributed by atoms with Crippen molar-refractivity contribution in [3.05, 3.63) is 124 Å². The van der Waals surface area contributed by atoms with Crippen molar-refractivity contribution >= 4 is 28.8 Å². The van der Waals surface area contributed by atoms with Crippen molar-refractivity contribution in [2.75, 3.05) is 25.5 Å². The predicted octanol–water partition coefficient (Wildman–Crippen LogP) is 5.27. The lowest BCUT2D eigenvalue weighted by molar-refractivity contribution is 0.0784.